The van der Waals surface area contributed by atoms with Crippen LogP contribution in [0.5, 0.6) is 0 Å². The zero-order valence-electron chi connectivity index (χ0n) is 11.8. The minimum absolute atomic E-state index is 0.294. The maximum absolute atomic E-state index is 10.6. The summed E-state index contributed by atoms with van der Waals surface area (Å²) >= 11 is 0. The van der Waals surface area contributed by atoms with Crippen molar-refractivity contribution >= 4 is 5.97 Å². The molecule has 0 aromatic heterocycles. The third kappa shape index (κ3) is 2.95. The average Bonchev–Trinajstić information content (AvgIpc) is 2.81. The Hall–Kier alpha value is -0.610. The van der Waals surface area contributed by atoms with E-state index in [0.29, 0.717) is 11.8 Å². The molecule has 4 nitrogen and oxygen atoms in total. The van der Waals surface area contributed by atoms with E-state index in [1.54, 1.807) is 0 Å². The Balaban J connectivity index is 1.44. The molecule has 0 unspecified atom stereocenters. The van der Waals surface area contributed by atoms with Crippen molar-refractivity contribution < 1.29 is 9.90 Å². The largest absolute Gasteiger partial charge is 0.481 e. The van der Waals surface area contributed by atoms with E-state index in [-0.39, 0.29) is 0 Å². The van der Waals surface area contributed by atoms with Crippen LogP contribution >= 0.6 is 0 Å². The summed E-state index contributed by atoms with van der Waals surface area (Å²) in [6, 6.07) is 0.848. The van der Waals surface area contributed by atoms with Gasteiger partial charge in [-0.05, 0) is 25.8 Å². The molecular formula is C15H26N2O2. The van der Waals surface area contributed by atoms with Gasteiger partial charge in [-0.15, -0.1) is 0 Å². The highest BCUT2D eigenvalue weighted by Gasteiger charge is 2.48. The summed E-state index contributed by atoms with van der Waals surface area (Å²) in [5, 5.41) is 8.72. The average molecular weight is 266 g/mol. The molecule has 1 spiro atoms. The number of nitrogens with zero attached hydrogens (tertiary/aromatic N) is 2. The second-order valence-corrected chi connectivity index (χ2v) is 6.87. The van der Waals surface area contributed by atoms with E-state index in [9.17, 15) is 4.79 Å². The van der Waals surface area contributed by atoms with Crippen LogP contribution in [0.15, 0.2) is 0 Å². The van der Waals surface area contributed by atoms with Crippen molar-refractivity contribution in [2.24, 2.45) is 5.41 Å². The molecule has 2 aliphatic heterocycles. The molecule has 1 saturated carbocycles. The van der Waals surface area contributed by atoms with Crippen LogP contribution in [0.25, 0.3) is 0 Å². The lowest BCUT2D eigenvalue weighted by Crippen LogP contribution is -2.58. The van der Waals surface area contributed by atoms with Gasteiger partial charge in [-0.25, -0.2) is 0 Å². The molecule has 2 heterocycles. The molecule has 4 heteroatoms. The Labute approximate surface area is 115 Å². The Bertz CT molecular complexity index is 333. The first-order valence-electron chi connectivity index (χ1n) is 7.85. The number of rotatable bonds is 4. The van der Waals surface area contributed by atoms with Gasteiger partial charge in [-0.3, -0.25) is 9.69 Å². The summed E-state index contributed by atoms with van der Waals surface area (Å²) in [4.78, 5) is 15.6. The molecule has 3 fully saturated rings. The molecule has 19 heavy (non-hydrogen) atoms. The van der Waals surface area contributed by atoms with Crippen LogP contribution < -0.4 is 0 Å². The van der Waals surface area contributed by atoms with E-state index < -0.39 is 5.97 Å². The van der Waals surface area contributed by atoms with Crippen molar-refractivity contribution in [1.29, 1.82) is 0 Å². The fourth-order valence-corrected chi connectivity index (χ4v) is 4.30. The summed E-state index contributed by atoms with van der Waals surface area (Å²) < 4.78 is 0. The monoisotopic (exact) mass is 266 g/mol. The number of carboxylic acids is 1. The maximum Gasteiger partial charge on any atom is 0.304 e. The molecule has 0 amide bonds. The molecule has 2 saturated heterocycles. The number of hydrogen-bond donors (Lipinski definition) is 1. The molecule has 0 bridgehead atoms. The molecule has 0 radical (unpaired) electrons. The molecule has 108 valence electrons. The fourth-order valence-electron chi connectivity index (χ4n) is 4.30. The number of likely N-dealkylation sites (tertiary alicyclic amines) is 2. The van der Waals surface area contributed by atoms with Gasteiger partial charge in [0.1, 0.15) is 0 Å². The zero-order valence-corrected chi connectivity index (χ0v) is 11.8. The molecule has 0 atom stereocenters. The molecule has 3 rings (SSSR count). The van der Waals surface area contributed by atoms with Gasteiger partial charge in [-0.2, -0.15) is 0 Å². The van der Waals surface area contributed by atoms with E-state index in [0.717, 1.165) is 25.7 Å². The summed E-state index contributed by atoms with van der Waals surface area (Å²) in [6.07, 6.45) is 8.68. The number of aliphatic carboxylic acids is 1. The van der Waals surface area contributed by atoms with Gasteiger partial charge in [0.05, 0.1) is 6.42 Å². The molecule has 3 aliphatic rings. The zero-order chi connectivity index (χ0) is 13.3. The van der Waals surface area contributed by atoms with Crippen molar-refractivity contribution in [1.82, 2.24) is 9.80 Å². The van der Waals surface area contributed by atoms with E-state index in [2.05, 4.69) is 9.80 Å². The first kappa shape index (κ1) is 13.4. The van der Waals surface area contributed by atoms with E-state index >= 15 is 0 Å². The smallest absolute Gasteiger partial charge is 0.304 e. The van der Waals surface area contributed by atoms with Crippen molar-refractivity contribution in [3.63, 3.8) is 0 Å². The van der Waals surface area contributed by atoms with Crippen molar-refractivity contribution in [3.8, 4) is 0 Å². The molecule has 0 aromatic rings. The van der Waals surface area contributed by atoms with Crippen LogP contribution in [0.2, 0.25) is 0 Å². The lowest BCUT2D eigenvalue weighted by Gasteiger charge is -2.48. The minimum atomic E-state index is -0.670. The third-order valence-corrected chi connectivity index (χ3v) is 5.32. The second kappa shape index (κ2) is 5.41. The fraction of sp³-hybridized carbons (Fsp3) is 0.933. The Kier molecular flexibility index (Phi) is 3.81. The van der Waals surface area contributed by atoms with Crippen LogP contribution in [0, 0.1) is 5.41 Å². The Morgan fingerprint density at radius 1 is 1.16 bits per heavy atom. The van der Waals surface area contributed by atoms with Crippen LogP contribution in [0.4, 0.5) is 0 Å². The predicted molar refractivity (Wildman–Crippen MR) is 74.2 cm³/mol. The molecular weight excluding hydrogens is 240 g/mol. The van der Waals surface area contributed by atoms with Crippen molar-refractivity contribution in [3.05, 3.63) is 0 Å². The molecule has 1 aliphatic carbocycles. The van der Waals surface area contributed by atoms with Crippen LogP contribution in [-0.4, -0.2) is 59.6 Å². The van der Waals surface area contributed by atoms with E-state index in [1.165, 1.54) is 51.6 Å². The van der Waals surface area contributed by atoms with Gasteiger partial charge < -0.3 is 10.0 Å². The first-order chi connectivity index (χ1) is 9.17. The lowest BCUT2D eigenvalue weighted by atomic mass is 9.79. The number of carbonyl (C=O) groups is 1. The van der Waals surface area contributed by atoms with Crippen molar-refractivity contribution in [2.45, 2.75) is 51.0 Å². The lowest BCUT2D eigenvalue weighted by molar-refractivity contribution is -0.138. The van der Waals surface area contributed by atoms with Gasteiger partial charge in [0.25, 0.3) is 0 Å². The van der Waals surface area contributed by atoms with Gasteiger partial charge in [0.15, 0.2) is 0 Å². The van der Waals surface area contributed by atoms with Crippen LogP contribution in [-0.2, 0) is 4.79 Å². The SMILES string of the molecule is O=C(O)CCN1CC2(CCN(C3CCCCC3)C2)C1. The summed E-state index contributed by atoms with van der Waals surface area (Å²) in [7, 11) is 0. The standard InChI is InChI=1S/C15H26N2O2/c18-14(19)6-8-16-10-15(11-16)7-9-17(12-15)13-4-2-1-3-5-13/h13H,1-12H2,(H,18,19). The minimum Gasteiger partial charge on any atom is -0.481 e. The van der Waals surface area contributed by atoms with Crippen molar-refractivity contribution in [2.75, 3.05) is 32.7 Å². The van der Waals surface area contributed by atoms with Crippen LogP contribution in [0.1, 0.15) is 44.9 Å². The van der Waals surface area contributed by atoms with Gasteiger partial charge >= 0.3 is 5.97 Å². The quantitative estimate of drug-likeness (QED) is 0.842. The predicted octanol–water partition coefficient (Wildman–Crippen LogP) is 1.80. The Morgan fingerprint density at radius 3 is 2.58 bits per heavy atom. The highest BCUT2D eigenvalue weighted by Crippen LogP contribution is 2.41. The van der Waals surface area contributed by atoms with Crippen LogP contribution in [0.3, 0.4) is 0 Å². The Morgan fingerprint density at radius 2 is 1.89 bits per heavy atom. The summed E-state index contributed by atoms with van der Waals surface area (Å²) in [6.45, 7) is 5.53. The highest BCUT2D eigenvalue weighted by atomic mass is 16.4. The summed E-state index contributed by atoms with van der Waals surface area (Å²) in [5.74, 6) is -0.670. The van der Waals surface area contributed by atoms with E-state index in [4.69, 9.17) is 5.11 Å². The molecule has 0 aromatic carbocycles. The van der Waals surface area contributed by atoms with E-state index in [1.807, 2.05) is 0 Å². The topological polar surface area (TPSA) is 43.8 Å². The second-order valence-electron chi connectivity index (χ2n) is 6.87. The van der Waals surface area contributed by atoms with Gasteiger partial charge in [0, 0.05) is 37.6 Å². The number of hydrogen-bond acceptors (Lipinski definition) is 3. The van der Waals surface area contributed by atoms with Gasteiger partial charge in [0.2, 0.25) is 0 Å². The number of carboxylic acid groups (broad SMARTS) is 1. The van der Waals surface area contributed by atoms with Gasteiger partial charge in [-0.1, -0.05) is 19.3 Å². The maximum atomic E-state index is 10.6. The first-order valence-corrected chi connectivity index (χ1v) is 7.85. The molecule has 1 N–H and O–H groups in total. The highest BCUT2D eigenvalue weighted by molar-refractivity contribution is 5.66. The normalized spacial score (nSPS) is 28.6. The third-order valence-electron chi connectivity index (χ3n) is 5.32. The summed E-state index contributed by atoms with van der Waals surface area (Å²) in [5.41, 5.74) is 0.510.